The lowest BCUT2D eigenvalue weighted by Gasteiger charge is -2.39. The number of fused-ring (bicyclic) bond motifs is 1. The molecule has 3 heteroatoms. The van der Waals surface area contributed by atoms with Crippen LogP contribution in [-0.4, -0.2) is 12.6 Å². The van der Waals surface area contributed by atoms with Gasteiger partial charge in [-0.05, 0) is 57.4 Å². The summed E-state index contributed by atoms with van der Waals surface area (Å²) in [4.78, 5) is 2.42. The minimum atomic E-state index is 0.0165. The highest BCUT2D eigenvalue weighted by atomic mass is 16.3. The van der Waals surface area contributed by atoms with Crippen LogP contribution >= 0.6 is 0 Å². The van der Waals surface area contributed by atoms with Gasteiger partial charge in [0.25, 0.3) is 0 Å². The monoisotopic (exact) mass is 284 g/mol. The number of aryl methyl sites for hydroxylation is 3. The zero-order chi connectivity index (χ0) is 15.0. The third kappa shape index (κ3) is 2.70. The first kappa shape index (κ1) is 14.2. The fourth-order valence-electron chi connectivity index (χ4n) is 3.35. The quantitative estimate of drug-likeness (QED) is 0.933. The highest BCUT2D eigenvalue weighted by Gasteiger charge is 2.30. The SMILES string of the molecule is Cc1ccc2c(c1)CCCN2C(c1ccc(C)o1)C(C)N. The molecule has 1 aliphatic heterocycles. The first-order valence-corrected chi connectivity index (χ1v) is 7.74. The van der Waals surface area contributed by atoms with E-state index in [0.717, 1.165) is 24.5 Å². The summed E-state index contributed by atoms with van der Waals surface area (Å²) in [6, 6.07) is 10.9. The fraction of sp³-hybridized carbons (Fsp3) is 0.444. The van der Waals surface area contributed by atoms with Crippen molar-refractivity contribution in [1.82, 2.24) is 0 Å². The van der Waals surface area contributed by atoms with E-state index in [0.29, 0.717) is 0 Å². The van der Waals surface area contributed by atoms with E-state index in [1.807, 2.05) is 13.0 Å². The highest BCUT2D eigenvalue weighted by molar-refractivity contribution is 5.58. The van der Waals surface area contributed by atoms with Gasteiger partial charge in [-0.15, -0.1) is 0 Å². The molecule has 0 spiro atoms. The third-order valence-electron chi connectivity index (χ3n) is 4.28. The van der Waals surface area contributed by atoms with Crippen molar-refractivity contribution in [3.05, 3.63) is 53.0 Å². The third-order valence-corrected chi connectivity index (χ3v) is 4.28. The van der Waals surface area contributed by atoms with Crippen molar-refractivity contribution in [2.24, 2.45) is 5.73 Å². The summed E-state index contributed by atoms with van der Waals surface area (Å²) in [5.74, 6) is 1.91. The van der Waals surface area contributed by atoms with Gasteiger partial charge in [0.1, 0.15) is 17.6 Å². The zero-order valence-corrected chi connectivity index (χ0v) is 13.1. The molecule has 2 atom stereocenters. The van der Waals surface area contributed by atoms with Crippen LogP contribution in [-0.2, 0) is 6.42 Å². The molecule has 1 aromatic heterocycles. The molecule has 0 aliphatic carbocycles. The number of furan rings is 1. The minimum Gasteiger partial charge on any atom is -0.464 e. The van der Waals surface area contributed by atoms with Crippen LogP contribution in [0.1, 0.15) is 42.0 Å². The van der Waals surface area contributed by atoms with E-state index in [1.54, 1.807) is 0 Å². The van der Waals surface area contributed by atoms with Crippen molar-refractivity contribution in [3.63, 3.8) is 0 Å². The number of hydrogen-bond donors (Lipinski definition) is 1. The topological polar surface area (TPSA) is 42.4 Å². The molecule has 21 heavy (non-hydrogen) atoms. The van der Waals surface area contributed by atoms with Gasteiger partial charge >= 0.3 is 0 Å². The Kier molecular flexibility index (Phi) is 3.77. The van der Waals surface area contributed by atoms with Crippen LogP contribution in [0.3, 0.4) is 0 Å². The van der Waals surface area contributed by atoms with E-state index >= 15 is 0 Å². The summed E-state index contributed by atoms with van der Waals surface area (Å²) >= 11 is 0. The van der Waals surface area contributed by atoms with E-state index in [9.17, 15) is 0 Å². The number of benzene rings is 1. The molecule has 2 unspecified atom stereocenters. The molecular weight excluding hydrogens is 260 g/mol. The van der Waals surface area contributed by atoms with Crippen LogP contribution in [0.2, 0.25) is 0 Å². The second-order valence-electron chi connectivity index (χ2n) is 6.18. The van der Waals surface area contributed by atoms with Crippen molar-refractivity contribution >= 4 is 5.69 Å². The van der Waals surface area contributed by atoms with Crippen LogP contribution in [0.25, 0.3) is 0 Å². The van der Waals surface area contributed by atoms with Gasteiger partial charge in [0.2, 0.25) is 0 Å². The maximum atomic E-state index is 6.29. The second kappa shape index (κ2) is 5.57. The molecular formula is C18H24N2O. The maximum absolute atomic E-state index is 6.29. The van der Waals surface area contributed by atoms with Gasteiger partial charge in [-0.3, -0.25) is 0 Å². The molecule has 0 amide bonds. The summed E-state index contributed by atoms with van der Waals surface area (Å²) in [7, 11) is 0. The Balaban J connectivity index is 2.02. The molecule has 1 aliphatic rings. The van der Waals surface area contributed by atoms with Gasteiger partial charge in [0.05, 0.1) is 0 Å². The molecule has 112 valence electrons. The molecule has 3 nitrogen and oxygen atoms in total. The van der Waals surface area contributed by atoms with E-state index in [2.05, 4.69) is 43.0 Å². The van der Waals surface area contributed by atoms with Crippen molar-refractivity contribution in [3.8, 4) is 0 Å². The van der Waals surface area contributed by atoms with E-state index in [-0.39, 0.29) is 12.1 Å². The molecule has 1 aromatic carbocycles. The summed E-state index contributed by atoms with van der Waals surface area (Å²) < 4.78 is 5.88. The molecule has 0 radical (unpaired) electrons. The Morgan fingerprint density at radius 1 is 1.19 bits per heavy atom. The van der Waals surface area contributed by atoms with Crippen LogP contribution < -0.4 is 10.6 Å². The summed E-state index contributed by atoms with van der Waals surface area (Å²) in [6.07, 6.45) is 2.32. The average Bonchev–Trinajstić information content (AvgIpc) is 2.84. The summed E-state index contributed by atoms with van der Waals surface area (Å²) in [5.41, 5.74) is 10.3. The lowest BCUT2D eigenvalue weighted by atomic mass is 9.95. The molecule has 2 N–H and O–H groups in total. The molecule has 0 saturated carbocycles. The molecule has 2 aromatic rings. The molecule has 0 bridgehead atoms. The van der Waals surface area contributed by atoms with Gasteiger partial charge in [-0.1, -0.05) is 17.7 Å². The maximum Gasteiger partial charge on any atom is 0.128 e. The molecule has 3 rings (SSSR count). The minimum absolute atomic E-state index is 0.0165. The van der Waals surface area contributed by atoms with Gasteiger partial charge < -0.3 is 15.1 Å². The number of anilines is 1. The largest absolute Gasteiger partial charge is 0.464 e. The van der Waals surface area contributed by atoms with Gasteiger partial charge in [0, 0.05) is 18.3 Å². The van der Waals surface area contributed by atoms with Gasteiger partial charge in [0.15, 0.2) is 0 Å². The predicted octanol–water partition coefficient (Wildman–Crippen LogP) is 3.74. The molecule has 0 saturated heterocycles. The van der Waals surface area contributed by atoms with Crippen LogP contribution in [0, 0.1) is 13.8 Å². The van der Waals surface area contributed by atoms with E-state index in [4.69, 9.17) is 10.2 Å². The van der Waals surface area contributed by atoms with Crippen molar-refractivity contribution < 1.29 is 4.42 Å². The van der Waals surface area contributed by atoms with Crippen LogP contribution in [0.5, 0.6) is 0 Å². The summed E-state index contributed by atoms with van der Waals surface area (Å²) in [5, 5.41) is 0. The standard InChI is InChI=1S/C18H24N2O/c1-12-6-8-16-15(11-12)5-4-10-20(16)18(14(3)19)17-9-7-13(2)21-17/h6-9,11,14,18H,4-5,10,19H2,1-3H3. The first-order valence-electron chi connectivity index (χ1n) is 7.74. The zero-order valence-electron chi connectivity index (χ0n) is 13.1. The second-order valence-corrected chi connectivity index (χ2v) is 6.18. The lowest BCUT2D eigenvalue weighted by molar-refractivity contribution is 0.395. The van der Waals surface area contributed by atoms with Crippen LogP contribution in [0.4, 0.5) is 5.69 Å². The number of hydrogen-bond acceptors (Lipinski definition) is 3. The Hall–Kier alpha value is -1.74. The van der Waals surface area contributed by atoms with Crippen molar-refractivity contribution in [2.75, 3.05) is 11.4 Å². The van der Waals surface area contributed by atoms with Crippen molar-refractivity contribution in [1.29, 1.82) is 0 Å². The van der Waals surface area contributed by atoms with Gasteiger partial charge in [-0.2, -0.15) is 0 Å². The fourth-order valence-corrected chi connectivity index (χ4v) is 3.35. The first-order chi connectivity index (χ1) is 10.1. The normalized spacial score (nSPS) is 17.4. The molecule has 0 fully saturated rings. The van der Waals surface area contributed by atoms with Crippen LogP contribution in [0.15, 0.2) is 34.7 Å². The Morgan fingerprint density at radius 3 is 2.67 bits per heavy atom. The smallest absolute Gasteiger partial charge is 0.128 e. The number of rotatable bonds is 3. The predicted molar refractivity (Wildman–Crippen MR) is 86.7 cm³/mol. The van der Waals surface area contributed by atoms with E-state index in [1.165, 1.54) is 23.2 Å². The molecule has 2 heterocycles. The Bertz CT molecular complexity index is 630. The Labute approximate surface area is 126 Å². The Morgan fingerprint density at radius 2 is 2.00 bits per heavy atom. The lowest BCUT2D eigenvalue weighted by Crippen LogP contribution is -2.42. The highest BCUT2D eigenvalue weighted by Crippen LogP contribution is 2.36. The number of nitrogens with two attached hydrogens (primary N) is 1. The van der Waals surface area contributed by atoms with Gasteiger partial charge in [-0.25, -0.2) is 0 Å². The number of nitrogens with zero attached hydrogens (tertiary/aromatic N) is 1. The van der Waals surface area contributed by atoms with E-state index < -0.39 is 0 Å². The summed E-state index contributed by atoms with van der Waals surface area (Å²) in [6.45, 7) is 7.22. The van der Waals surface area contributed by atoms with Crippen molar-refractivity contribution in [2.45, 2.75) is 45.7 Å². The average molecular weight is 284 g/mol.